The van der Waals surface area contributed by atoms with Gasteiger partial charge in [-0.1, -0.05) is 30.3 Å². The van der Waals surface area contributed by atoms with Gasteiger partial charge < -0.3 is 4.74 Å². The van der Waals surface area contributed by atoms with Crippen molar-refractivity contribution < 1.29 is 9.53 Å². The van der Waals surface area contributed by atoms with Gasteiger partial charge in [-0.3, -0.25) is 14.6 Å². The van der Waals surface area contributed by atoms with Gasteiger partial charge in [0.25, 0.3) is 0 Å². The molecule has 2 saturated heterocycles. The lowest BCUT2D eigenvalue weighted by molar-refractivity contribution is -0.167. The molecule has 0 amide bonds. The number of fused-ring (bicyclic) bond motifs is 1. The van der Waals surface area contributed by atoms with Crippen LogP contribution in [0, 0.1) is 17.2 Å². The lowest BCUT2D eigenvalue weighted by Gasteiger charge is -2.35. The summed E-state index contributed by atoms with van der Waals surface area (Å²) in [7, 11) is 0. The average Bonchev–Trinajstić information content (AvgIpc) is 3.08. The third kappa shape index (κ3) is 3.42. The van der Waals surface area contributed by atoms with E-state index < -0.39 is 11.1 Å². The lowest BCUT2D eigenvalue weighted by atomic mass is 9.93. The molecule has 0 radical (unpaired) electrons. The molecular formula is C20H27N3O2. The molecule has 1 aromatic rings. The highest BCUT2D eigenvalue weighted by atomic mass is 16.6. The molecule has 2 fully saturated rings. The van der Waals surface area contributed by atoms with Crippen molar-refractivity contribution in [2.45, 2.75) is 58.0 Å². The zero-order valence-electron chi connectivity index (χ0n) is 15.5. The molecule has 2 aliphatic heterocycles. The fraction of sp³-hybridized carbons (Fsp3) is 0.600. The average molecular weight is 341 g/mol. The second-order valence-corrected chi connectivity index (χ2v) is 8.28. The molecule has 0 aromatic heterocycles. The molecule has 0 saturated carbocycles. The van der Waals surface area contributed by atoms with Gasteiger partial charge in [-0.05, 0) is 39.7 Å². The Bertz CT molecular complexity index is 676. The Morgan fingerprint density at radius 1 is 1.32 bits per heavy atom. The number of ether oxygens (including phenoxy) is 1. The number of hydrogen-bond acceptors (Lipinski definition) is 5. The number of rotatable bonds is 3. The molecule has 3 unspecified atom stereocenters. The van der Waals surface area contributed by atoms with E-state index in [2.05, 4.69) is 28.0 Å². The van der Waals surface area contributed by atoms with Gasteiger partial charge in [0.2, 0.25) is 0 Å². The molecule has 1 aromatic carbocycles. The van der Waals surface area contributed by atoms with Crippen molar-refractivity contribution in [3.63, 3.8) is 0 Å². The molecule has 134 valence electrons. The number of benzene rings is 1. The predicted molar refractivity (Wildman–Crippen MR) is 95.3 cm³/mol. The van der Waals surface area contributed by atoms with Crippen LogP contribution in [0.5, 0.6) is 0 Å². The smallest absolute Gasteiger partial charge is 0.326 e. The Kier molecular flexibility index (Phi) is 4.61. The van der Waals surface area contributed by atoms with Crippen LogP contribution in [0.2, 0.25) is 0 Å². The highest BCUT2D eigenvalue weighted by Crippen LogP contribution is 2.43. The van der Waals surface area contributed by atoms with Crippen molar-refractivity contribution in [1.82, 2.24) is 9.80 Å². The van der Waals surface area contributed by atoms with Crippen molar-refractivity contribution in [3.05, 3.63) is 35.9 Å². The summed E-state index contributed by atoms with van der Waals surface area (Å²) in [5.74, 6) is -0.409. The summed E-state index contributed by atoms with van der Waals surface area (Å²) in [6.45, 7) is 10.0. The second-order valence-electron chi connectivity index (χ2n) is 8.28. The minimum Gasteiger partial charge on any atom is -0.459 e. The summed E-state index contributed by atoms with van der Waals surface area (Å²) in [6.07, 6.45) is 0.497. The molecule has 0 aliphatic carbocycles. The molecule has 25 heavy (non-hydrogen) atoms. The summed E-state index contributed by atoms with van der Waals surface area (Å²) in [6, 6.07) is 12.7. The molecule has 2 heterocycles. The van der Waals surface area contributed by atoms with Crippen molar-refractivity contribution in [1.29, 1.82) is 5.26 Å². The predicted octanol–water partition coefficient (Wildman–Crippen LogP) is 2.77. The van der Waals surface area contributed by atoms with Crippen LogP contribution in [-0.2, 0) is 16.1 Å². The minimum atomic E-state index is -0.732. The Morgan fingerprint density at radius 2 is 2.00 bits per heavy atom. The Morgan fingerprint density at radius 3 is 2.60 bits per heavy atom. The highest BCUT2D eigenvalue weighted by molar-refractivity contribution is 5.81. The topological polar surface area (TPSA) is 56.6 Å². The number of nitriles is 1. The van der Waals surface area contributed by atoms with Crippen LogP contribution in [0.1, 0.15) is 39.7 Å². The molecule has 0 spiro atoms. The summed E-state index contributed by atoms with van der Waals surface area (Å²) >= 11 is 0. The van der Waals surface area contributed by atoms with E-state index >= 15 is 0 Å². The van der Waals surface area contributed by atoms with Crippen LogP contribution < -0.4 is 0 Å². The van der Waals surface area contributed by atoms with Crippen LogP contribution in [0.15, 0.2) is 30.3 Å². The first-order valence-corrected chi connectivity index (χ1v) is 8.92. The Labute approximate surface area is 150 Å². The third-order valence-corrected chi connectivity index (χ3v) is 5.17. The summed E-state index contributed by atoms with van der Waals surface area (Å²) in [5.41, 5.74) is -0.0278. The summed E-state index contributed by atoms with van der Waals surface area (Å²) in [4.78, 5) is 17.4. The summed E-state index contributed by atoms with van der Waals surface area (Å²) < 4.78 is 5.67. The van der Waals surface area contributed by atoms with Gasteiger partial charge in [0, 0.05) is 19.6 Å². The Balaban J connectivity index is 1.82. The van der Waals surface area contributed by atoms with E-state index in [0.717, 1.165) is 19.6 Å². The van der Waals surface area contributed by atoms with Gasteiger partial charge in [0.05, 0.1) is 18.2 Å². The van der Waals surface area contributed by atoms with Gasteiger partial charge in [0.15, 0.2) is 0 Å². The quantitative estimate of drug-likeness (QED) is 0.791. The number of carbonyl (C=O) groups is 1. The SMILES string of the molecule is CC(C)(C)OC(=O)C1(C)CC(C#N)C2N(Cc3ccccc3)CCN21. The maximum atomic E-state index is 12.9. The van der Waals surface area contributed by atoms with E-state index in [-0.39, 0.29) is 18.1 Å². The number of hydrogen-bond donors (Lipinski definition) is 0. The fourth-order valence-corrected chi connectivity index (χ4v) is 4.05. The zero-order chi connectivity index (χ0) is 18.2. The number of carbonyl (C=O) groups excluding carboxylic acids is 1. The zero-order valence-corrected chi connectivity index (χ0v) is 15.5. The van der Waals surface area contributed by atoms with Gasteiger partial charge in [-0.25, -0.2) is 0 Å². The van der Waals surface area contributed by atoms with E-state index in [9.17, 15) is 10.1 Å². The largest absolute Gasteiger partial charge is 0.459 e. The number of esters is 1. The molecule has 0 N–H and O–H groups in total. The van der Waals surface area contributed by atoms with E-state index in [1.807, 2.05) is 45.9 Å². The first-order valence-electron chi connectivity index (χ1n) is 8.92. The van der Waals surface area contributed by atoms with Crippen LogP contribution >= 0.6 is 0 Å². The second kappa shape index (κ2) is 6.44. The van der Waals surface area contributed by atoms with Crippen LogP contribution in [0.4, 0.5) is 0 Å². The standard InChI is InChI=1S/C20H27N3O2/c1-19(2,3)25-18(24)20(4)12-16(13-21)17-22(10-11-23(17)20)14-15-8-6-5-7-9-15/h5-9,16-17H,10-12,14H2,1-4H3. The van der Waals surface area contributed by atoms with E-state index in [1.54, 1.807) is 0 Å². The monoisotopic (exact) mass is 341 g/mol. The van der Waals surface area contributed by atoms with Crippen molar-refractivity contribution in [3.8, 4) is 6.07 Å². The van der Waals surface area contributed by atoms with E-state index in [4.69, 9.17) is 4.74 Å². The highest BCUT2D eigenvalue weighted by Gasteiger charge is 2.58. The van der Waals surface area contributed by atoms with Crippen LogP contribution in [0.3, 0.4) is 0 Å². The number of nitrogens with zero attached hydrogens (tertiary/aromatic N) is 3. The van der Waals surface area contributed by atoms with Gasteiger partial charge >= 0.3 is 5.97 Å². The molecule has 3 rings (SSSR count). The van der Waals surface area contributed by atoms with Crippen molar-refractivity contribution in [2.75, 3.05) is 13.1 Å². The first-order chi connectivity index (χ1) is 11.7. The molecule has 2 aliphatic rings. The minimum absolute atomic E-state index is 0.0253. The molecule has 0 bridgehead atoms. The molecular weight excluding hydrogens is 314 g/mol. The van der Waals surface area contributed by atoms with E-state index in [0.29, 0.717) is 6.42 Å². The van der Waals surface area contributed by atoms with E-state index in [1.165, 1.54) is 5.56 Å². The Hall–Kier alpha value is -1.90. The third-order valence-electron chi connectivity index (χ3n) is 5.17. The normalized spacial score (nSPS) is 30.0. The maximum absolute atomic E-state index is 12.9. The van der Waals surface area contributed by atoms with Gasteiger partial charge in [-0.2, -0.15) is 5.26 Å². The van der Waals surface area contributed by atoms with Crippen LogP contribution in [0.25, 0.3) is 0 Å². The lowest BCUT2D eigenvalue weighted by Crippen LogP contribution is -2.52. The summed E-state index contributed by atoms with van der Waals surface area (Å²) in [5, 5.41) is 9.69. The van der Waals surface area contributed by atoms with Gasteiger partial charge in [-0.15, -0.1) is 0 Å². The fourth-order valence-electron chi connectivity index (χ4n) is 4.05. The molecule has 5 heteroatoms. The van der Waals surface area contributed by atoms with Crippen LogP contribution in [-0.4, -0.2) is 46.2 Å². The van der Waals surface area contributed by atoms with Crippen molar-refractivity contribution >= 4 is 5.97 Å². The maximum Gasteiger partial charge on any atom is 0.326 e. The molecule has 3 atom stereocenters. The first kappa shape index (κ1) is 17.9. The van der Waals surface area contributed by atoms with Gasteiger partial charge in [0.1, 0.15) is 11.1 Å². The van der Waals surface area contributed by atoms with Crippen molar-refractivity contribution in [2.24, 2.45) is 5.92 Å². The molecule has 5 nitrogen and oxygen atoms in total.